The molecule has 0 rings (SSSR count). The Bertz CT molecular complexity index is 394. The zero-order valence-corrected chi connectivity index (χ0v) is 13.6. The molecule has 0 aliphatic heterocycles. The first-order valence-corrected chi connectivity index (χ1v) is 6.49. The maximum Gasteiger partial charge on any atom is 0.313 e. The number of aliphatic carboxylic acids is 2. The number of hydrogen-bond acceptors (Lipinski definition) is 7. The molecule has 0 saturated carbocycles. The zero-order valence-electron chi connectivity index (χ0n) is 13.6. The Balaban J connectivity index is -0.000000124. The molecule has 0 fully saturated rings. The molecule has 0 bridgehead atoms. The third-order valence-corrected chi connectivity index (χ3v) is 1.50. The molecule has 0 spiro atoms. The van der Waals surface area contributed by atoms with Crippen LogP contribution in [0.2, 0.25) is 0 Å². The highest BCUT2D eigenvalue weighted by Crippen LogP contribution is 1.86. The van der Waals surface area contributed by atoms with E-state index in [9.17, 15) is 28.8 Å². The molecule has 9 nitrogen and oxygen atoms in total. The topological polar surface area (TPSA) is 152 Å². The van der Waals surface area contributed by atoms with Crippen LogP contribution in [0.1, 0.15) is 47.0 Å². The molecule has 2 N–H and O–H groups in total. The summed E-state index contributed by atoms with van der Waals surface area (Å²) in [6, 6.07) is 0. The minimum atomic E-state index is -1.06. The van der Waals surface area contributed by atoms with E-state index >= 15 is 0 Å². The Morgan fingerprint density at radius 2 is 1.00 bits per heavy atom. The van der Waals surface area contributed by atoms with Crippen molar-refractivity contribution >= 4 is 52.6 Å². The van der Waals surface area contributed by atoms with Crippen LogP contribution in [-0.2, 0) is 33.5 Å². The normalized spacial score (nSPS) is 8.00. The summed E-state index contributed by atoms with van der Waals surface area (Å²) < 4.78 is 4.49. The molecular weight excluding hydrogens is 339 g/mol. The van der Waals surface area contributed by atoms with Crippen molar-refractivity contribution in [1.29, 1.82) is 0 Å². The van der Waals surface area contributed by atoms with E-state index in [1.54, 1.807) is 6.92 Å². The number of carboxylic acid groups (broad SMARTS) is 2. The predicted octanol–water partition coefficient (Wildman–Crippen LogP) is -0.555. The highest BCUT2D eigenvalue weighted by Gasteiger charge is 2.03. The van der Waals surface area contributed by atoms with Gasteiger partial charge in [0, 0.05) is 0 Å². The second-order valence-corrected chi connectivity index (χ2v) is 4.23. The highest BCUT2D eigenvalue weighted by atomic mass is 27.0. The first kappa shape index (κ1) is 29.9. The van der Waals surface area contributed by atoms with Crippen molar-refractivity contribution in [1.82, 2.24) is 0 Å². The molecule has 0 unspecified atom stereocenters. The van der Waals surface area contributed by atoms with Crippen LogP contribution in [0, 0.1) is 0 Å². The fraction of sp³-hybridized carbons (Fsp3) is 0.571. The van der Waals surface area contributed by atoms with Crippen LogP contribution in [0.5, 0.6) is 0 Å². The smallest absolute Gasteiger partial charge is 0.313 e. The van der Waals surface area contributed by atoms with Crippen LogP contribution < -0.4 is 0 Å². The predicted molar refractivity (Wildman–Crippen MR) is 87.7 cm³/mol. The summed E-state index contributed by atoms with van der Waals surface area (Å²) in [4.78, 5) is 59.6. The van der Waals surface area contributed by atoms with Gasteiger partial charge in [0.15, 0.2) is 17.4 Å². The van der Waals surface area contributed by atoms with Gasteiger partial charge in [-0.1, -0.05) is 0 Å². The molecule has 0 atom stereocenters. The van der Waals surface area contributed by atoms with Gasteiger partial charge in [0.2, 0.25) is 0 Å². The Kier molecular flexibility index (Phi) is 23.7. The summed E-state index contributed by atoms with van der Waals surface area (Å²) in [5, 5.41) is 15.7. The number of Topliss-reactive ketones (excluding diaryl/α,β-unsaturated/α-hetero) is 3. The van der Waals surface area contributed by atoms with Gasteiger partial charge in [0.05, 0.1) is 6.61 Å². The lowest BCUT2D eigenvalue weighted by Crippen LogP contribution is -2.07. The zero-order chi connectivity index (χ0) is 19.0. The van der Waals surface area contributed by atoms with E-state index < -0.39 is 17.9 Å². The van der Waals surface area contributed by atoms with Crippen molar-refractivity contribution in [3.63, 3.8) is 0 Å². The van der Waals surface area contributed by atoms with Gasteiger partial charge in [-0.15, -0.1) is 0 Å². The fourth-order valence-electron chi connectivity index (χ4n) is 0.841. The largest absolute Gasteiger partial charge is 0.481 e. The SMILES string of the molecule is CC(=O)CC(=O)O.CC(=O)CC(=O)O.CCOC(=O)CC(C)=O.[AlH3]. The average molecular weight is 364 g/mol. The number of ether oxygens (including phenoxy) is 1. The Hall–Kier alpha value is -2.05. The minimum absolute atomic E-state index is 0. The van der Waals surface area contributed by atoms with Crippen molar-refractivity contribution < 1.29 is 43.7 Å². The number of carbonyl (C=O) groups is 6. The minimum Gasteiger partial charge on any atom is -0.481 e. The molecule has 0 heterocycles. The number of hydrogen-bond donors (Lipinski definition) is 2. The van der Waals surface area contributed by atoms with E-state index in [1.807, 2.05) is 0 Å². The molecule has 0 saturated heterocycles. The third kappa shape index (κ3) is 42.7. The van der Waals surface area contributed by atoms with Crippen molar-refractivity contribution in [2.24, 2.45) is 0 Å². The fourth-order valence-corrected chi connectivity index (χ4v) is 0.841. The van der Waals surface area contributed by atoms with E-state index in [1.165, 1.54) is 20.8 Å². The van der Waals surface area contributed by atoms with Gasteiger partial charge in [0.25, 0.3) is 0 Å². The van der Waals surface area contributed by atoms with Crippen LogP contribution in [0.4, 0.5) is 0 Å². The van der Waals surface area contributed by atoms with E-state index in [0.29, 0.717) is 6.61 Å². The summed E-state index contributed by atoms with van der Waals surface area (Å²) in [6.07, 6.45) is -0.826. The van der Waals surface area contributed by atoms with Crippen molar-refractivity contribution in [3.8, 4) is 0 Å². The van der Waals surface area contributed by atoms with Gasteiger partial charge in [-0.25, -0.2) is 0 Å². The maximum absolute atomic E-state index is 10.4. The van der Waals surface area contributed by atoms with Gasteiger partial charge in [-0.05, 0) is 27.7 Å². The average Bonchev–Trinajstić information content (AvgIpc) is 2.25. The molecule has 0 aliphatic rings. The maximum atomic E-state index is 10.4. The number of esters is 1. The standard InChI is InChI=1S/C6H10O3.2C4H6O3.Al.3H/c1-3-9-6(8)4-5(2)7;2*1-3(5)2-4(6)7;;;;/h3-4H2,1-2H3;2*2H2,1H3,(H,6,7);;;;. The molecule has 0 aromatic carbocycles. The molecule has 10 heteroatoms. The third-order valence-electron chi connectivity index (χ3n) is 1.50. The van der Waals surface area contributed by atoms with Gasteiger partial charge in [0.1, 0.15) is 36.6 Å². The molecular formula is C14H25AlO9. The van der Waals surface area contributed by atoms with Crippen LogP contribution in [0.15, 0.2) is 0 Å². The molecule has 0 aliphatic carbocycles. The van der Waals surface area contributed by atoms with Crippen LogP contribution >= 0.6 is 0 Å². The van der Waals surface area contributed by atoms with E-state index in [2.05, 4.69) is 4.74 Å². The van der Waals surface area contributed by atoms with Crippen molar-refractivity contribution in [3.05, 3.63) is 0 Å². The Morgan fingerprint density at radius 1 is 0.708 bits per heavy atom. The summed E-state index contributed by atoms with van der Waals surface area (Å²) in [6.45, 7) is 5.89. The second-order valence-electron chi connectivity index (χ2n) is 4.23. The Labute approximate surface area is 150 Å². The van der Waals surface area contributed by atoms with Crippen LogP contribution in [-0.4, -0.2) is 69.4 Å². The molecule has 0 radical (unpaired) electrons. The van der Waals surface area contributed by atoms with Crippen molar-refractivity contribution in [2.75, 3.05) is 6.61 Å². The summed E-state index contributed by atoms with van der Waals surface area (Å²) in [7, 11) is 0. The van der Waals surface area contributed by atoms with E-state index in [-0.39, 0.29) is 54.0 Å². The van der Waals surface area contributed by atoms with Crippen molar-refractivity contribution in [2.45, 2.75) is 47.0 Å². The van der Waals surface area contributed by atoms with Gasteiger partial charge in [-0.2, -0.15) is 0 Å². The number of rotatable bonds is 7. The summed E-state index contributed by atoms with van der Waals surface area (Å²) in [5.74, 6) is -3.35. The first-order chi connectivity index (χ1) is 10.4. The van der Waals surface area contributed by atoms with Crippen LogP contribution in [0.3, 0.4) is 0 Å². The summed E-state index contributed by atoms with van der Waals surface area (Å²) >= 11 is 0. The van der Waals surface area contributed by atoms with Gasteiger partial charge >= 0.3 is 17.9 Å². The molecule has 0 aromatic rings. The quantitative estimate of drug-likeness (QED) is 0.344. The summed E-state index contributed by atoms with van der Waals surface area (Å²) in [5.41, 5.74) is 0. The lowest BCUT2D eigenvalue weighted by Gasteiger charge is -1.96. The number of carbonyl (C=O) groups excluding carboxylic acids is 4. The van der Waals surface area contributed by atoms with E-state index in [4.69, 9.17) is 10.2 Å². The lowest BCUT2D eigenvalue weighted by atomic mass is 10.3. The highest BCUT2D eigenvalue weighted by molar-refractivity contribution is 5.94. The number of ketones is 3. The monoisotopic (exact) mass is 364 g/mol. The second kappa shape index (κ2) is 19.0. The van der Waals surface area contributed by atoms with Gasteiger partial charge in [-0.3, -0.25) is 28.8 Å². The molecule has 0 aromatic heterocycles. The first-order valence-electron chi connectivity index (χ1n) is 6.49. The molecule has 0 amide bonds. The van der Waals surface area contributed by atoms with Crippen LogP contribution in [0.25, 0.3) is 0 Å². The molecule has 138 valence electrons. The molecule has 24 heavy (non-hydrogen) atoms. The number of carboxylic acids is 2. The lowest BCUT2D eigenvalue weighted by molar-refractivity contribution is -0.145. The van der Waals surface area contributed by atoms with E-state index in [0.717, 1.165) is 0 Å². The van der Waals surface area contributed by atoms with Gasteiger partial charge < -0.3 is 14.9 Å². The Morgan fingerprint density at radius 3 is 1.12 bits per heavy atom.